The fourth-order valence-electron chi connectivity index (χ4n) is 1.90. The van der Waals surface area contributed by atoms with E-state index >= 15 is 0 Å². The summed E-state index contributed by atoms with van der Waals surface area (Å²) in [5, 5.41) is 25.0. The molecule has 0 atom stereocenters. The van der Waals surface area contributed by atoms with Gasteiger partial charge in [-0.25, -0.2) is 0 Å². The first-order valence-electron chi connectivity index (χ1n) is 10.1. The fourth-order valence-corrected chi connectivity index (χ4v) is 1.90. The van der Waals surface area contributed by atoms with Crippen LogP contribution in [-0.4, -0.2) is 52.2 Å². The van der Waals surface area contributed by atoms with Crippen molar-refractivity contribution in [1.29, 1.82) is 0 Å². The van der Waals surface area contributed by atoms with Crippen LogP contribution >= 0.6 is 0 Å². The number of amides is 1. The molecule has 0 aliphatic carbocycles. The Morgan fingerprint density at radius 3 is 1.30 bits per heavy atom. The van der Waals surface area contributed by atoms with Crippen LogP contribution in [0.4, 0.5) is 0 Å². The van der Waals surface area contributed by atoms with Crippen molar-refractivity contribution in [1.82, 2.24) is 5.32 Å². The van der Waals surface area contributed by atoms with Gasteiger partial charge >= 0.3 is 0 Å². The van der Waals surface area contributed by atoms with E-state index in [2.05, 4.69) is 12.2 Å². The largest absolute Gasteiger partial charge is 0.481 e. The van der Waals surface area contributed by atoms with Crippen LogP contribution in [0.5, 0.6) is 0 Å². The monoisotopic (exact) mass is 524 g/mol. The standard InChI is InChI=1S/C14H30N2O.3C2H4O2.Ru/c1-2-3-4-5-6-7-8-9-10-11-14(17)16-13-12-15;3*1-2(3)4;/h2-13,15H2,1H3,(H,16,17);3*1H3,(H,3,4);. The first-order valence-corrected chi connectivity index (χ1v) is 10.1. The molecule has 6 N–H and O–H groups in total. The van der Waals surface area contributed by atoms with Crippen LogP contribution in [0.15, 0.2) is 0 Å². The van der Waals surface area contributed by atoms with Crippen LogP contribution < -0.4 is 11.1 Å². The van der Waals surface area contributed by atoms with E-state index in [9.17, 15) is 4.79 Å². The van der Waals surface area contributed by atoms with Crippen molar-refractivity contribution in [3.05, 3.63) is 0 Å². The number of rotatable bonds is 12. The van der Waals surface area contributed by atoms with E-state index in [1.54, 1.807) is 0 Å². The van der Waals surface area contributed by atoms with Crippen molar-refractivity contribution in [2.24, 2.45) is 5.73 Å². The molecule has 0 aromatic carbocycles. The Morgan fingerprint density at radius 1 is 0.700 bits per heavy atom. The van der Waals surface area contributed by atoms with E-state index in [1.165, 1.54) is 51.4 Å². The van der Waals surface area contributed by atoms with Crippen molar-refractivity contribution in [3.63, 3.8) is 0 Å². The molecule has 0 rings (SSSR count). The molecule has 10 heteroatoms. The third kappa shape index (κ3) is 94.7. The molecule has 0 saturated heterocycles. The van der Waals surface area contributed by atoms with Gasteiger partial charge in [0.1, 0.15) is 0 Å². The second kappa shape index (κ2) is 34.9. The van der Waals surface area contributed by atoms with Gasteiger partial charge in [0.05, 0.1) is 0 Å². The molecule has 0 unspecified atom stereocenters. The smallest absolute Gasteiger partial charge is 0.300 e. The van der Waals surface area contributed by atoms with Gasteiger partial charge in [-0.15, -0.1) is 0 Å². The summed E-state index contributed by atoms with van der Waals surface area (Å²) in [5.41, 5.74) is 5.31. The first-order chi connectivity index (χ1) is 13.5. The summed E-state index contributed by atoms with van der Waals surface area (Å²) < 4.78 is 0. The maximum atomic E-state index is 11.2. The molecular formula is C20H42N2O7Ru. The van der Waals surface area contributed by atoms with E-state index in [1.807, 2.05) is 0 Å². The fraction of sp³-hybridized carbons (Fsp3) is 0.800. The van der Waals surface area contributed by atoms with Gasteiger partial charge in [-0.2, -0.15) is 0 Å². The zero-order valence-corrected chi connectivity index (χ0v) is 20.6. The number of hydrogen-bond donors (Lipinski definition) is 5. The van der Waals surface area contributed by atoms with Gasteiger partial charge in [0.2, 0.25) is 5.91 Å². The van der Waals surface area contributed by atoms with Crippen LogP contribution in [0.3, 0.4) is 0 Å². The van der Waals surface area contributed by atoms with E-state index in [-0.39, 0.29) is 25.4 Å². The molecule has 0 aromatic heterocycles. The minimum absolute atomic E-state index is 0. The number of unbranched alkanes of at least 4 members (excludes halogenated alkanes) is 8. The molecular weight excluding hydrogens is 481 g/mol. The SMILES string of the molecule is CC(=O)O.CC(=O)O.CC(=O)O.CCCCCCCCCCCC(=O)NCCN.[Ru]. The quantitative estimate of drug-likeness (QED) is 0.192. The minimum atomic E-state index is -0.833. The Labute approximate surface area is 193 Å². The van der Waals surface area contributed by atoms with Crippen molar-refractivity contribution in [3.8, 4) is 0 Å². The van der Waals surface area contributed by atoms with Crippen molar-refractivity contribution in [2.45, 2.75) is 91.9 Å². The number of carbonyl (C=O) groups excluding carboxylic acids is 1. The molecule has 30 heavy (non-hydrogen) atoms. The molecule has 1 amide bonds. The van der Waals surface area contributed by atoms with Crippen LogP contribution in [0.25, 0.3) is 0 Å². The van der Waals surface area contributed by atoms with Gasteiger partial charge < -0.3 is 26.4 Å². The summed E-state index contributed by atoms with van der Waals surface area (Å²) >= 11 is 0. The Balaban J connectivity index is -0.000000131. The third-order valence-electron chi connectivity index (χ3n) is 2.97. The van der Waals surface area contributed by atoms with Crippen LogP contribution in [0.1, 0.15) is 91.9 Å². The van der Waals surface area contributed by atoms with Crippen LogP contribution in [0, 0.1) is 0 Å². The Kier molecular flexibility index (Phi) is 45.4. The second-order valence-electron chi connectivity index (χ2n) is 6.27. The average Bonchev–Trinajstić information content (AvgIpc) is 2.57. The summed E-state index contributed by atoms with van der Waals surface area (Å²) in [6.07, 6.45) is 12.3. The summed E-state index contributed by atoms with van der Waals surface area (Å²) in [6, 6.07) is 0. The molecule has 0 aliphatic heterocycles. The molecule has 182 valence electrons. The first kappa shape index (κ1) is 39.0. The summed E-state index contributed by atoms with van der Waals surface area (Å²) in [4.78, 5) is 38.2. The van der Waals surface area contributed by atoms with Gasteiger partial charge in [-0.1, -0.05) is 58.3 Å². The molecule has 0 saturated carbocycles. The molecule has 0 aliphatic rings. The van der Waals surface area contributed by atoms with Gasteiger partial charge in [0.15, 0.2) is 0 Å². The number of hydrogen-bond acceptors (Lipinski definition) is 5. The Hall–Kier alpha value is -1.54. The van der Waals surface area contributed by atoms with Gasteiger partial charge in [0.25, 0.3) is 17.9 Å². The molecule has 0 radical (unpaired) electrons. The molecule has 0 fully saturated rings. The minimum Gasteiger partial charge on any atom is -0.481 e. The Morgan fingerprint density at radius 2 is 1.00 bits per heavy atom. The van der Waals surface area contributed by atoms with Crippen LogP contribution in [-0.2, 0) is 38.7 Å². The number of aliphatic carboxylic acids is 3. The summed E-state index contributed by atoms with van der Waals surface area (Å²) in [7, 11) is 0. The van der Waals surface area contributed by atoms with E-state index in [4.69, 9.17) is 35.4 Å². The molecule has 0 aromatic rings. The van der Waals surface area contributed by atoms with Gasteiger partial charge in [0, 0.05) is 59.8 Å². The van der Waals surface area contributed by atoms with Crippen molar-refractivity contribution in [2.75, 3.05) is 13.1 Å². The van der Waals surface area contributed by atoms with E-state index < -0.39 is 17.9 Å². The number of carbonyl (C=O) groups is 4. The van der Waals surface area contributed by atoms with E-state index in [0.29, 0.717) is 19.5 Å². The summed E-state index contributed by atoms with van der Waals surface area (Å²) in [6.45, 7) is 6.63. The third-order valence-corrected chi connectivity index (χ3v) is 2.97. The zero-order chi connectivity index (χ0) is 23.5. The van der Waals surface area contributed by atoms with Gasteiger partial charge in [-0.05, 0) is 6.42 Å². The van der Waals surface area contributed by atoms with E-state index in [0.717, 1.165) is 27.2 Å². The topological polar surface area (TPSA) is 167 Å². The maximum absolute atomic E-state index is 11.2. The molecule has 0 heterocycles. The average molecular weight is 524 g/mol. The number of carboxylic acid groups (broad SMARTS) is 3. The number of nitrogens with one attached hydrogen (secondary N) is 1. The molecule has 9 nitrogen and oxygen atoms in total. The zero-order valence-electron chi connectivity index (χ0n) is 18.9. The predicted molar refractivity (Wildman–Crippen MR) is 114 cm³/mol. The Bertz CT molecular complexity index is 368. The van der Waals surface area contributed by atoms with Crippen molar-refractivity contribution >= 4 is 23.8 Å². The normalized spacial score (nSPS) is 8.43. The summed E-state index contributed by atoms with van der Waals surface area (Å²) in [5.74, 6) is -2.35. The molecule has 0 spiro atoms. The molecule has 0 bridgehead atoms. The predicted octanol–water partition coefficient (Wildman–Crippen LogP) is 3.25. The second-order valence-corrected chi connectivity index (χ2v) is 6.27. The van der Waals surface area contributed by atoms with Crippen molar-refractivity contribution < 1.29 is 54.0 Å². The van der Waals surface area contributed by atoms with Gasteiger partial charge in [-0.3, -0.25) is 19.2 Å². The maximum Gasteiger partial charge on any atom is 0.300 e. The number of nitrogens with two attached hydrogens (primary N) is 1. The van der Waals surface area contributed by atoms with Crippen LogP contribution in [0.2, 0.25) is 0 Å². The number of carboxylic acids is 3.